The van der Waals surface area contributed by atoms with E-state index in [9.17, 15) is 9.59 Å². The van der Waals surface area contributed by atoms with Crippen molar-refractivity contribution in [2.45, 2.75) is 32.7 Å². The van der Waals surface area contributed by atoms with Crippen LogP contribution in [0.2, 0.25) is 0 Å². The maximum absolute atomic E-state index is 13.1. The molecular formula is C20H31N3O2. The van der Waals surface area contributed by atoms with Gasteiger partial charge in [-0.2, -0.15) is 0 Å². The number of nitrogens with zero attached hydrogens (tertiary/aromatic N) is 3. The second kappa shape index (κ2) is 8.48. The van der Waals surface area contributed by atoms with Gasteiger partial charge in [0.15, 0.2) is 0 Å². The Labute approximate surface area is 151 Å². The number of piperidine rings is 1. The van der Waals surface area contributed by atoms with E-state index in [2.05, 4.69) is 24.0 Å². The molecule has 2 rings (SSSR count). The molecule has 1 saturated heterocycles. The number of carbonyl (C=O) groups is 2. The lowest BCUT2D eigenvalue weighted by Crippen LogP contribution is -2.49. The third-order valence-corrected chi connectivity index (χ3v) is 5.13. The molecule has 138 valence electrons. The standard InChI is InChI=1S/C20H31N3O2/c1-6-23-18(24)12-11-17(20(25)22(5)14-13-21(3)4)19(23)16-10-8-7-9-15(16)2/h7-10,17,19H,6,11-14H2,1-5H3/t17-,19+/m1/s1. The third-order valence-electron chi connectivity index (χ3n) is 5.13. The maximum atomic E-state index is 13.1. The number of rotatable bonds is 6. The normalized spacial score (nSPS) is 20.9. The van der Waals surface area contributed by atoms with Crippen molar-refractivity contribution >= 4 is 11.8 Å². The summed E-state index contributed by atoms with van der Waals surface area (Å²) < 4.78 is 0. The van der Waals surface area contributed by atoms with Crippen molar-refractivity contribution in [3.63, 3.8) is 0 Å². The van der Waals surface area contributed by atoms with E-state index >= 15 is 0 Å². The van der Waals surface area contributed by atoms with E-state index in [0.717, 1.165) is 17.7 Å². The first-order chi connectivity index (χ1) is 11.9. The second-order valence-electron chi connectivity index (χ2n) is 7.19. The molecule has 2 atom stereocenters. The van der Waals surface area contributed by atoms with Crippen LogP contribution in [0.25, 0.3) is 0 Å². The molecule has 0 aliphatic carbocycles. The minimum absolute atomic E-state index is 0.140. The minimum Gasteiger partial charge on any atom is -0.344 e. The Bertz CT molecular complexity index is 615. The molecular weight excluding hydrogens is 314 g/mol. The predicted octanol–water partition coefficient (Wildman–Crippen LogP) is 2.31. The number of aryl methyl sites for hydroxylation is 1. The van der Waals surface area contributed by atoms with Gasteiger partial charge in [0.1, 0.15) is 0 Å². The van der Waals surface area contributed by atoms with Gasteiger partial charge in [0, 0.05) is 33.1 Å². The zero-order valence-corrected chi connectivity index (χ0v) is 16.2. The van der Waals surface area contributed by atoms with E-state index in [1.165, 1.54) is 0 Å². The third kappa shape index (κ3) is 4.40. The van der Waals surface area contributed by atoms with Crippen LogP contribution in [0, 0.1) is 12.8 Å². The minimum atomic E-state index is -0.175. The van der Waals surface area contributed by atoms with Crippen LogP contribution in [-0.2, 0) is 9.59 Å². The number of carbonyl (C=O) groups excluding carboxylic acids is 2. The van der Waals surface area contributed by atoms with Gasteiger partial charge in [0.25, 0.3) is 0 Å². The largest absolute Gasteiger partial charge is 0.344 e. The molecule has 1 aliphatic heterocycles. The topological polar surface area (TPSA) is 43.9 Å². The van der Waals surface area contributed by atoms with Gasteiger partial charge in [-0.05, 0) is 45.5 Å². The van der Waals surface area contributed by atoms with Gasteiger partial charge in [-0.1, -0.05) is 24.3 Å². The fraction of sp³-hybridized carbons (Fsp3) is 0.600. The Morgan fingerprint density at radius 3 is 2.48 bits per heavy atom. The Hall–Kier alpha value is -1.88. The van der Waals surface area contributed by atoms with E-state index in [1.807, 2.05) is 50.0 Å². The van der Waals surface area contributed by atoms with Crippen molar-refractivity contribution in [3.8, 4) is 0 Å². The molecule has 0 N–H and O–H groups in total. The van der Waals surface area contributed by atoms with Gasteiger partial charge < -0.3 is 14.7 Å². The summed E-state index contributed by atoms with van der Waals surface area (Å²) in [6.07, 6.45) is 1.08. The molecule has 1 aromatic rings. The molecule has 1 heterocycles. The molecule has 0 bridgehead atoms. The molecule has 25 heavy (non-hydrogen) atoms. The van der Waals surface area contributed by atoms with Crippen LogP contribution < -0.4 is 0 Å². The van der Waals surface area contributed by atoms with Crippen molar-refractivity contribution < 1.29 is 9.59 Å². The number of amides is 2. The summed E-state index contributed by atoms with van der Waals surface area (Å²) in [6.45, 7) is 6.21. The molecule has 1 aromatic carbocycles. The molecule has 1 fully saturated rings. The van der Waals surface area contributed by atoms with Crippen molar-refractivity contribution in [2.24, 2.45) is 5.92 Å². The Kier molecular flexibility index (Phi) is 6.59. The predicted molar refractivity (Wildman–Crippen MR) is 100 cm³/mol. The summed E-state index contributed by atoms with van der Waals surface area (Å²) >= 11 is 0. The van der Waals surface area contributed by atoms with Gasteiger partial charge in [-0.3, -0.25) is 9.59 Å². The van der Waals surface area contributed by atoms with Crippen LogP contribution in [0.4, 0.5) is 0 Å². The molecule has 0 saturated carbocycles. The average Bonchev–Trinajstić information content (AvgIpc) is 2.59. The van der Waals surface area contributed by atoms with E-state index in [-0.39, 0.29) is 23.8 Å². The van der Waals surface area contributed by atoms with Crippen LogP contribution >= 0.6 is 0 Å². The summed E-state index contributed by atoms with van der Waals surface area (Å²) in [6, 6.07) is 7.94. The lowest BCUT2D eigenvalue weighted by Gasteiger charge is -2.42. The molecule has 1 aliphatic rings. The molecule has 0 unspecified atom stereocenters. The molecule has 5 nitrogen and oxygen atoms in total. The monoisotopic (exact) mass is 345 g/mol. The van der Waals surface area contributed by atoms with E-state index in [1.54, 1.807) is 0 Å². The van der Waals surface area contributed by atoms with Crippen LogP contribution in [0.15, 0.2) is 24.3 Å². The fourth-order valence-electron chi connectivity index (χ4n) is 3.63. The van der Waals surface area contributed by atoms with Gasteiger partial charge in [0.2, 0.25) is 11.8 Å². The Morgan fingerprint density at radius 1 is 1.20 bits per heavy atom. The maximum Gasteiger partial charge on any atom is 0.227 e. The molecule has 0 radical (unpaired) electrons. The second-order valence-corrected chi connectivity index (χ2v) is 7.19. The number of hydrogen-bond acceptors (Lipinski definition) is 3. The average molecular weight is 345 g/mol. The molecule has 5 heteroatoms. The van der Waals surface area contributed by atoms with Crippen molar-refractivity contribution in [2.75, 3.05) is 40.8 Å². The molecule has 0 spiro atoms. The van der Waals surface area contributed by atoms with Gasteiger partial charge in [-0.15, -0.1) is 0 Å². The SMILES string of the molecule is CCN1C(=O)CC[C@@H](C(=O)N(C)CCN(C)C)[C@@H]1c1ccccc1C. The molecule has 0 aromatic heterocycles. The van der Waals surface area contributed by atoms with Crippen molar-refractivity contribution in [1.29, 1.82) is 0 Å². The highest BCUT2D eigenvalue weighted by molar-refractivity contribution is 5.85. The highest BCUT2D eigenvalue weighted by Gasteiger charge is 2.41. The van der Waals surface area contributed by atoms with E-state index in [4.69, 9.17) is 0 Å². The van der Waals surface area contributed by atoms with Crippen molar-refractivity contribution in [3.05, 3.63) is 35.4 Å². The number of likely N-dealkylation sites (N-methyl/N-ethyl adjacent to an activating group) is 2. The van der Waals surface area contributed by atoms with Gasteiger partial charge in [-0.25, -0.2) is 0 Å². The Morgan fingerprint density at radius 2 is 1.88 bits per heavy atom. The summed E-state index contributed by atoms with van der Waals surface area (Å²) in [7, 11) is 5.88. The van der Waals surface area contributed by atoms with Crippen LogP contribution in [-0.4, -0.2) is 67.3 Å². The Balaban J connectivity index is 2.32. The van der Waals surface area contributed by atoms with Crippen LogP contribution in [0.3, 0.4) is 0 Å². The van der Waals surface area contributed by atoms with Crippen LogP contribution in [0.5, 0.6) is 0 Å². The fourth-order valence-corrected chi connectivity index (χ4v) is 3.63. The number of benzene rings is 1. The quantitative estimate of drug-likeness (QED) is 0.795. The van der Waals surface area contributed by atoms with E-state index in [0.29, 0.717) is 25.9 Å². The van der Waals surface area contributed by atoms with Crippen molar-refractivity contribution in [1.82, 2.24) is 14.7 Å². The first kappa shape index (κ1) is 19.4. The van der Waals surface area contributed by atoms with Gasteiger partial charge in [0.05, 0.1) is 12.0 Å². The lowest BCUT2D eigenvalue weighted by atomic mass is 9.82. The summed E-state index contributed by atoms with van der Waals surface area (Å²) in [5.41, 5.74) is 2.23. The highest BCUT2D eigenvalue weighted by atomic mass is 16.2. The summed E-state index contributed by atoms with van der Waals surface area (Å²) in [5.74, 6) is 0.114. The smallest absolute Gasteiger partial charge is 0.227 e. The first-order valence-corrected chi connectivity index (χ1v) is 9.11. The highest BCUT2D eigenvalue weighted by Crippen LogP contribution is 2.38. The zero-order valence-electron chi connectivity index (χ0n) is 16.2. The molecule has 2 amide bonds. The first-order valence-electron chi connectivity index (χ1n) is 9.11. The summed E-state index contributed by atoms with van der Waals surface area (Å²) in [5, 5.41) is 0. The van der Waals surface area contributed by atoms with E-state index < -0.39 is 0 Å². The van der Waals surface area contributed by atoms with Crippen LogP contribution in [0.1, 0.15) is 36.9 Å². The zero-order chi connectivity index (χ0) is 18.6. The number of likely N-dealkylation sites (tertiary alicyclic amines) is 1. The lowest BCUT2D eigenvalue weighted by molar-refractivity contribution is -0.147. The van der Waals surface area contributed by atoms with Gasteiger partial charge >= 0.3 is 0 Å². The summed E-state index contributed by atoms with van der Waals surface area (Å²) in [4.78, 5) is 31.4. The number of hydrogen-bond donors (Lipinski definition) is 0.